The van der Waals surface area contributed by atoms with Crippen LogP contribution < -0.4 is 10.6 Å². The summed E-state index contributed by atoms with van der Waals surface area (Å²) >= 11 is 7.64. The van der Waals surface area contributed by atoms with E-state index in [0.29, 0.717) is 29.8 Å². The molecular weight excluding hydrogens is 460 g/mol. The van der Waals surface area contributed by atoms with Crippen LogP contribution in [0, 0.1) is 40.7 Å². The van der Waals surface area contributed by atoms with Gasteiger partial charge in [-0.2, -0.15) is 5.26 Å². The van der Waals surface area contributed by atoms with E-state index in [9.17, 15) is 20.2 Å². The van der Waals surface area contributed by atoms with Crippen LogP contribution in [0.25, 0.3) is 0 Å². The number of rotatable bonds is 3. The lowest BCUT2D eigenvalue weighted by molar-refractivity contribution is -0.384. The SMILES string of the molecule is Cc1cc([C@@H]2C(C#N)=C(N)N(c3ccc(Cl)c([N+](=O)[O-])c3)C3=C2C(=O)CC(C)(C)C3)c(C)s1. The maximum absolute atomic E-state index is 13.5. The fourth-order valence-electron chi connectivity index (χ4n) is 4.83. The van der Waals surface area contributed by atoms with Crippen molar-refractivity contribution >= 4 is 40.1 Å². The van der Waals surface area contributed by atoms with Crippen molar-refractivity contribution in [3.8, 4) is 6.07 Å². The van der Waals surface area contributed by atoms with Crippen LogP contribution in [0.1, 0.15) is 47.9 Å². The van der Waals surface area contributed by atoms with Crippen molar-refractivity contribution in [3.05, 3.63) is 77.4 Å². The summed E-state index contributed by atoms with van der Waals surface area (Å²) < 4.78 is 0. The topological polar surface area (TPSA) is 113 Å². The summed E-state index contributed by atoms with van der Waals surface area (Å²) in [6, 6.07) is 8.63. The highest BCUT2D eigenvalue weighted by Gasteiger charge is 2.45. The number of benzene rings is 1. The number of carbonyl (C=O) groups excluding carboxylic acids is 1. The van der Waals surface area contributed by atoms with Crippen molar-refractivity contribution in [2.24, 2.45) is 11.1 Å². The summed E-state index contributed by atoms with van der Waals surface area (Å²) in [5, 5.41) is 21.7. The molecule has 0 bridgehead atoms. The molecule has 9 heteroatoms. The number of nitro groups is 1. The first kappa shape index (κ1) is 23.0. The zero-order chi connectivity index (χ0) is 24.2. The molecule has 1 aliphatic carbocycles. The van der Waals surface area contributed by atoms with Crippen LogP contribution in [0.4, 0.5) is 11.4 Å². The number of aryl methyl sites for hydroxylation is 2. The Morgan fingerprint density at radius 1 is 1.30 bits per heavy atom. The van der Waals surface area contributed by atoms with Gasteiger partial charge < -0.3 is 5.73 Å². The van der Waals surface area contributed by atoms with Gasteiger partial charge in [0.1, 0.15) is 10.8 Å². The third-order valence-electron chi connectivity index (χ3n) is 6.16. The lowest BCUT2D eigenvalue weighted by Gasteiger charge is -2.43. The number of nitrogens with two attached hydrogens (primary N) is 1. The number of hydrogen-bond donors (Lipinski definition) is 1. The predicted molar refractivity (Wildman–Crippen MR) is 129 cm³/mol. The zero-order valence-corrected chi connectivity index (χ0v) is 20.3. The Kier molecular flexibility index (Phi) is 5.59. The van der Waals surface area contributed by atoms with Gasteiger partial charge in [-0.1, -0.05) is 25.4 Å². The zero-order valence-electron chi connectivity index (χ0n) is 18.7. The van der Waals surface area contributed by atoms with Crippen LogP contribution >= 0.6 is 22.9 Å². The molecule has 33 heavy (non-hydrogen) atoms. The molecular formula is C24H23ClN4O3S. The minimum atomic E-state index is -0.563. The second kappa shape index (κ2) is 8.01. The molecule has 0 amide bonds. The molecule has 1 atom stereocenters. The quantitative estimate of drug-likeness (QED) is 0.432. The number of anilines is 1. The number of hydrogen-bond acceptors (Lipinski definition) is 7. The van der Waals surface area contributed by atoms with Gasteiger partial charge in [0.2, 0.25) is 0 Å². The third-order valence-corrected chi connectivity index (χ3v) is 7.46. The number of Topliss-reactive ketones (excluding diaryl/α,β-unsaturated/α-hetero) is 1. The van der Waals surface area contributed by atoms with Gasteiger partial charge in [0.25, 0.3) is 5.69 Å². The van der Waals surface area contributed by atoms with Crippen LogP contribution in [0.3, 0.4) is 0 Å². The molecule has 0 radical (unpaired) electrons. The number of allylic oxidation sites excluding steroid dienone is 3. The number of carbonyl (C=O) groups is 1. The maximum Gasteiger partial charge on any atom is 0.289 e. The van der Waals surface area contributed by atoms with E-state index < -0.39 is 10.8 Å². The lowest BCUT2D eigenvalue weighted by atomic mass is 9.68. The Labute approximate surface area is 200 Å². The highest BCUT2D eigenvalue weighted by atomic mass is 35.5. The Hall–Kier alpha value is -3.15. The fraction of sp³-hybridized carbons (Fsp3) is 0.333. The van der Waals surface area contributed by atoms with E-state index in [1.165, 1.54) is 12.1 Å². The fourth-order valence-corrected chi connectivity index (χ4v) is 5.98. The average molecular weight is 483 g/mol. The number of ketones is 1. The van der Waals surface area contributed by atoms with Crippen molar-refractivity contribution in [2.45, 2.75) is 46.5 Å². The second-order valence-electron chi connectivity index (χ2n) is 9.24. The molecule has 1 aliphatic heterocycles. The van der Waals surface area contributed by atoms with Crippen molar-refractivity contribution < 1.29 is 9.72 Å². The summed E-state index contributed by atoms with van der Waals surface area (Å²) in [6.45, 7) is 7.98. The Morgan fingerprint density at radius 2 is 2.00 bits per heavy atom. The maximum atomic E-state index is 13.5. The largest absolute Gasteiger partial charge is 0.384 e. The number of nitriles is 1. The standard InChI is InChI=1S/C24H23ClN4O3S/c1-12-7-15(13(2)33-12)21-16(11-26)23(27)28(14-5-6-17(25)18(8-14)29(31)32)19-9-24(3,4)10-20(30)22(19)21/h5-8,21H,9-10,27H2,1-4H3/t21-/m1/s1. The smallest absolute Gasteiger partial charge is 0.289 e. The first-order valence-corrected chi connectivity index (χ1v) is 11.6. The average Bonchev–Trinajstić information content (AvgIpc) is 3.04. The van der Waals surface area contributed by atoms with Gasteiger partial charge in [-0.05, 0) is 49.4 Å². The first-order chi connectivity index (χ1) is 15.4. The molecule has 0 spiro atoms. The highest BCUT2D eigenvalue weighted by molar-refractivity contribution is 7.12. The Bertz CT molecular complexity index is 1320. The normalized spacial score (nSPS) is 20.1. The number of nitro benzene ring substituents is 1. The van der Waals surface area contributed by atoms with E-state index in [0.717, 1.165) is 15.3 Å². The number of nitrogens with zero attached hydrogens (tertiary/aromatic N) is 3. The van der Waals surface area contributed by atoms with Gasteiger partial charge in [0.15, 0.2) is 5.78 Å². The van der Waals surface area contributed by atoms with Crippen molar-refractivity contribution in [3.63, 3.8) is 0 Å². The van der Waals surface area contributed by atoms with Gasteiger partial charge in [-0.3, -0.25) is 19.8 Å². The molecule has 1 aromatic heterocycles. The molecule has 0 fully saturated rings. The van der Waals surface area contributed by atoms with Gasteiger partial charge in [0, 0.05) is 33.5 Å². The van der Waals surface area contributed by atoms with Crippen LogP contribution in [0.5, 0.6) is 0 Å². The van der Waals surface area contributed by atoms with Crippen molar-refractivity contribution in [2.75, 3.05) is 4.90 Å². The summed E-state index contributed by atoms with van der Waals surface area (Å²) in [5.41, 5.74) is 8.77. The monoisotopic (exact) mass is 482 g/mol. The van der Waals surface area contributed by atoms with Crippen LogP contribution in [0.2, 0.25) is 5.02 Å². The van der Waals surface area contributed by atoms with E-state index in [-0.39, 0.29) is 33.3 Å². The minimum Gasteiger partial charge on any atom is -0.384 e. The highest BCUT2D eigenvalue weighted by Crippen LogP contribution is 2.51. The predicted octanol–water partition coefficient (Wildman–Crippen LogP) is 5.87. The number of thiophene rings is 1. The molecule has 7 nitrogen and oxygen atoms in total. The lowest BCUT2D eigenvalue weighted by Crippen LogP contribution is -2.42. The molecule has 2 N–H and O–H groups in total. The number of halogens is 1. The van der Waals surface area contributed by atoms with E-state index in [4.69, 9.17) is 17.3 Å². The summed E-state index contributed by atoms with van der Waals surface area (Å²) in [5.74, 6) is -0.424. The summed E-state index contributed by atoms with van der Waals surface area (Å²) in [7, 11) is 0. The molecule has 0 saturated carbocycles. The molecule has 170 valence electrons. The molecule has 0 unspecified atom stereocenters. The van der Waals surface area contributed by atoms with Gasteiger partial charge in [-0.15, -0.1) is 11.3 Å². The van der Waals surface area contributed by atoms with Crippen LogP contribution in [-0.2, 0) is 4.79 Å². The molecule has 0 saturated heterocycles. The Morgan fingerprint density at radius 3 is 2.58 bits per heavy atom. The molecule has 2 heterocycles. The summed E-state index contributed by atoms with van der Waals surface area (Å²) in [6.07, 6.45) is 0.875. The Balaban J connectivity index is 2.03. The van der Waals surface area contributed by atoms with Crippen molar-refractivity contribution in [1.29, 1.82) is 5.26 Å². The van der Waals surface area contributed by atoms with Crippen LogP contribution in [0.15, 0.2) is 46.9 Å². The molecule has 2 aliphatic rings. The molecule has 4 rings (SSSR count). The minimum absolute atomic E-state index is 0.000297. The van der Waals surface area contributed by atoms with Crippen LogP contribution in [-0.4, -0.2) is 10.7 Å². The molecule has 2 aromatic rings. The van der Waals surface area contributed by atoms with Gasteiger partial charge in [-0.25, -0.2) is 0 Å². The third kappa shape index (κ3) is 3.81. The van der Waals surface area contributed by atoms with Crippen molar-refractivity contribution in [1.82, 2.24) is 0 Å². The van der Waals surface area contributed by atoms with E-state index in [1.54, 1.807) is 22.3 Å². The van der Waals surface area contributed by atoms with Gasteiger partial charge >= 0.3 is 0 Å². The first-order valence-electron chi connectivity index (χ1n) is 10.4. The van der Waals surface area contributed by atoms with Gasteiger partial charge in [0.05, 0.1) is 28.2 Å². The van der Waals surface area contributed by atoms with E-state index in [2.05, 4.69) is 6.07 Å². The van der Waals surface area contributed by atoms with E-state index >= 15 is 0 Å². The van der Waals surface area contributed by atoms with E-state index in [1.807, 2.05) is 33.8 Å². The summed E-state index contributed by atoms with van der Waals surface area (Å²) in [4.78, 5) is 28.2. The second-order valence-corrected chi connectivity index (χ2v) is 11.1. The molecule has 1 aromatic carbocycles.